The summed E-state index contributed by atoms with van der Waals surface area (Å²) in [6, 6.07) is 8.25. The van der Waals surface area contributed by atoms with Crippen molar-refractivity contribution in [3.63, 3.8) is 0 Å². The van der Waals surface area contributed by atoms with Crippen molar-refractivity contribution in [3.8, 4) is 31.0 Å². The third-order valence-electron chi connectivity index (χ3n) is 5.99. The van der Waals surface area contributed by atoms with Gasteiger partial charge in [-0.05, 0) is 36.2 Å². The van der Waals surface area contributed by atoms with E-state index in [0.717, 1.165) is 56.2 Å². The Kier molecular flexibility index (Phi) is 9.95. The Morgan fingerprint density at radius 2 is 1.51 bits per heavy atom. The van der Waals surface area contributed by atoms with Gasteiger partial charge in [-0.15, -0.1) is 57.2 Å². The molecule has 0 saturated heterocycles. The zero-order valence-corrected chi connectivity index (χ0v) is 24.7. The van der Waals surface area contributed by atoms with Crippen LogP contribution < -0.4 is 11.2 Å². The lowest BCUT2D eigenvalue weighted by Crippen LogP contribution is -2.38. The Morgan fingerprint density at radius 3 is 2.11 bits per heavy atom. The third-order valence-corrected chi connectivity index (χ3v) is 9.26. The molecule has 6 nitrogen and oxygen atoms in total. The summed E-state index contributed by atoms with van der Waals surface area (Å²) >= 11 is 14.6. The van der Waals surface area contributed by atoms with E-state index in [9.17, 15) is 9.59 Å². The second-order valence-corrected chi connectivity index (χ2v) is 12.0. The van der Waals surface area contributed by atoms with Crippen LogP contribution in [-0.2, 0) is 13.1 Å². The van der Waals surface area contributed by atoms with Gasteiger partial charge in [0, 0.05) is 22.8 Å². The fourth-order valence-corrected chi connectivity index (χ4v) is 7.27. The van der Waals surface area contributed by atoms with Gasteiger partial charge >= 0.3 is 5.69 Å². The minimum Gasteiger partial charge on any atom is -0.321 e. The van der Waals surface area contributed by atoms with Crippen LogP contribution >= 0.6 is 57.2 Å². The molecule has 0 aliphatic carbocycles. The quantitative estimate of drug-likeness (QED) is 0.128. The number of nitrogens with zero attached hydrogens (tertiary/aromatic N) is 4. The van der Waals surface area contributed by atoms with E-state index < -0.39 is 5.69 Å². The third kappa shape index (κ3) is 5.86. The summed E-state index contributed by atoms with van der Waals surface area (Å²) in [5.41, 5.74) is 1.20. The highest BCUT2D eigenvalue weighted by Gasteiger charge is 2.26. The zero-order chi connectivity index (χ0) is 26.4. The van der Waals surface area contributed by atoms with Gasteiger partial charge in [-0.1, -0.05) is 44.7 Å². The molecule has 0 N–H and O–H groups in total. The van der Waals surface area contributed by atoms with Crippen LogP contribution in [0, 0.1) is 0 Å². The number of hydrogen-bond donors (Lipinski definition) is 0. The lowest BCUT2D eigenvalue weighted by molar-refractivity contribution is 0.538. The predicted molar refractivity (Wildman–Crippen MR) is 160 cm³/mol. The molecule has 0 fully saturated rings. The molecule has 2 aliphatic rings. The molecule has 5 rings (SSSR count). The van der Waals surface area contributed by atoms with Crippen molar-refractivity contribution < 1.29 is 0 Å². The van der Waals surface area contributed by atoms with Crippen molar-refractivity contribution in [1.29, 1.82) is 0 Å². The van der Waals surface area contributed by atoms with Gasteiger partial charge in [0.1, 0.15) is 5.52 Å². The van der Waals surface area contributed by atoms with Crippen molar-refractivity contribution in [1.82, 2.24) is 19.1 Å². The van der Waals surface area contributed by atoms with E-state index in [0.29, 0.717) is 18.9 Å². The molecule has 3 aromatic heterocycles. The van der Waals surface area contributed by atoms with Gasteiger partial charge in [0.15, 0.2) is 11.5 Å². The Hall–Kier alpha value is -2.04. The van der Waals surface area contributed by atoms with Crippen molar-refractivity contribution in [2.75, 3.05) is 5.34 Å². The zero-order valence-electron chi connectivity index (χ0n) is 20.7. The summed E-state index contributed by atoms with van der Waals surface area (Å²) in [5.74, 6) is 0.376. The summed E-state index contributed by atoms with van der Waals surface area (Å²) in [5, 5.41) is 4.31. The molecule has 196 valence electrons. The van der Waals surface area contributed by atoms with Crippen LogP contribution in [0.4, 0.5) is 0 Å². The molecule has 5 heterocycles. The largest absolute Gasteiger partial charge is 0.352 e. The van der Waals surface area contributed by atoms with E-state index in [4.69, 9.17) is 28.2 Å². The van der Waals surface area contributed by atoms with Crippen molar-refractivity contribution >= 4 is 68.2 Å². The summed E-state index contributed by atoms with van der Waals surface area (Å²) in [4.78, 5) is 40.1. The second kappa shape index (κ2) is 13.2. The van der Waals surface area contributed by atoms with Crippen molar-refractivity contribution in [2.45, 2.75) is 59.0 Å². The Balaban J connectivity index is 0.00000102. The first-order valence-corrected chi connectivity index (χ1v) is 15.9. The van der Waals surface area contributed by atoms with Gasteiger partial charge in [-0.2, -0.15) is 4.98 Å². The van der Waals surface area contributed by atoms with Crippen LogP contribution in [0.1, 0.15) is 46.0 Å². The second-order valence-electron chi connectivity index (χ2n) is 8.31. The summed E-state index contributed by atoms with van der Waals surface area (Å²) in [7, 11) is 0. The first kappa shape index (κ1) is 28.0. The highest BCUT2D eigenvalue weighted by molar-refractivity contribution is 7.27. The maximum Gasteiger partial charge on any atom is 0.352 e. The van der Waals surface area contributed by atoms with Gasteiger partial charge in [-0.3, -0.25) is 9.36 Å². The predicted octanol–water partition coefficient (Wildman–Crippen LogP) is 7.99. The number of alkyl halides is 2. The average Bonchev–Trinajstić information content (AvgIpc) is 3.66. The maximum absolute atomic E-state index is 13.5. The van der Waals surface area contributed by atoms with E-state index >= 15 is 0 Å². The maximum atomic E-state index is 13.5. The topological polar surface area (TPSA) is 69.8 Å². The van der Waals surface area contributed by atoms with E-state index in [1.807, 2.05) is 23.6 Å². The molecule has 37 heavy (non-hydrogen) atoms. The first-order valence-electron chi connectivity index (χ1n) is 12.2. The van der Waals surface area contributed by atoms with Crippen LogP contribution in [-0.4, -0.2) is 24.4 Å². The summed E-state index contributed by atoms with van der Waals surface area (Å²) in [6.07, 6.45) is 5.22. The van der Waals surface area contributed by atoms with Crippen LogP contribution in [0.2, 0.25) is 0 Å². The number of fused-ring (bicyclic) bond motifs is 2. The number of aryl methyl sites for hydroxylation is 1. The van der Waals surface area contributed by atoms with E-state index in [1.165, 1.54) is 11.0 Å². The highest BCUT2D eigenvalue weighted by atomic mass is 35.5. The molecule has 2 aliphatic heterocycles. The molecular formula is C26H28Cl2N4O2S3. The smallest absolute Gasteiger partial charge is 0.321 e. The molecule has 11 heteroatoms. The van der Waals surface area contributed by atoms with Crippen LogP contribution in [0.25, 0.3) is 42.1 Å². The van der Waals surface area contributed by atoms with Gasteiger partial charge in [-0.25, -0.2) is 9.78 Å². The van der Waals surface area contributed by atoms with Crippen LogP contribution in [0.5, 0.6) is 0 Å². The van der Waals surface area contributed by atoms with Gasteiger partial charge in [0.2, 0.25) is 0 Å². The van der Waals surface area contributed by atoms with Crippen LogP contribution in [0.3, 0.4) is 0 Å². The Labute approximate surface area is 237 Å². The average molecular weight is 596 g/mol. The van der Waals surface area contributed by atoms with Gasteiger partial charge < -0.3 is 4.57 Å². The Morgan fingerprint density at radius 1 is 0.865 bits per heavy atom. The van der Waals surface area contributed by atoms with E-state index in [1.54, 1.807) is 34.0 Å². The monoisotopic (exact) mass is 594 g/mol. The Bertz CT molecular complexity index is 1520. The number of aromatic nitrogens is 4. The molecule has 0 saturated carbocycles. The molecular weight excluding hydrogens is 567 g/mol. The SMILES string of the molecule is CCCCCCCn1c(=O)nc2n(CC)c3c(-c4cccs4)sc(-c4cccs4)c3nc-2c1=O.ClCCl. The fourth-order valence-electron chi connectivity index (χ4n) is 4.31. The lowest BCUT2D eigenvalue weighted by Gasteiger charge is -2.16. The number of rotatable bonds is 9. The molecule has 0 radical (unpaired) electrons. The van der Waals surface area contributed by atoms with E-state index in [2.05, 4.69) is 34.8 Å². The number of thiophene rings is 3. The van der Waals surface area contributed by atoms with Crippen molar-refractivity contribution in [3.05, 3.63) is 55.9 Å². The number of unbranched alkanes of at least 4 members (excludes halogenated alkanes) is 4. The minimum absolute atomic E-state index is 0.194. The fraction of sp³-hybridized carbons (Fsp3) is 0.385. The molecule has 3 aromatic rings. The van der Waals surface area contributed by atoms with Gasteiger partial charge in [0.25, 0.3) is 5.56 Å². The van der Waals surface area contributed by atoms with Gasteiger partial charge in [0.05, 0.1) is 20.6 Å². The van der Waals surface area contributed by atoms with Crippen LogP contribution in [0.15, 0.2) is 44.6 Å². The standard InChI is InChI=1S/C25H26N4O2S3.CH2Cl2/c1-3-5-6-7-8-13-29-24(30)19-23(27-25(29)31)28(4-2)20-18(26-19)21(16-11-9-14-32-16)34-22(20)17-12-10-15-33-17;2-1-3/h9-12,14-15H,3-8,13H2,1-2H3;1H2. The molecule has 0 bridgehead atoms. The number of hydrogen-bond acceptors (Lipinski definition) is 7. The molecule has 0 amide bonds. The lowest BCUT2D eigenvalue weighted by atomic mass is 10.1. The molecule has 0 aromatic carbocycles. The normalized spacial score (nSPS) is 11.2. The minimum atomic E-state index is -0.484. The van der Waals surface area contributed by atoms with Crippen molar-refractivity contribution in [2.24, 2.45) is 0 Å². The highest BCUT2D eigenvalue weighted by Crippen LogP contribution is 2.46. The number of halogens is 2. The molecule has 0 atom stereocenters. The summed E-state index contributed by atoms with van der Waals surface area (Å²) < 4.78 is 3.26. The van der Waals surface area contributed by atoms with E-state index in [-0.39, 0.29) is 16.6 Å². The molecule has 0 spiro atoms. The molecule has 0 unspecified atom stereocenters. The first-order chi connectivity index (χ1) is 18.0. The summed E-state index contributed by atoms with van der Waals surface area (Å²) in [6.45, 7) is 5.16.